The van der Waals surface area contributed by atoms with Crippen molar-refractivity contribution in [2.75, 3.05) is 0 Å². The molecule has 0 atom stereocenters. The zero-order chi connectivity index (χ0) is 9.35. The van der Waals surface area contributed by atoms with Crippen molar-refractivity contribution in [1.29, 1.82) is 0 Å². The predicted molar refractivity (Wildman–Crippen MR) is 52.7 cm³/mol. The first-order chi connectivity index (χ1) is 5.41. The van der Waals surface area contributed by atoms with E-state index in [2.05, 4.69) is 25.8 Å². The molecule has 1 rings (SSSR count). The van der Waals surface area contributed by atoms with Gasteiger partial charge in [0.25, 0.3) is 0 Å². The lowest BCUT2D eigenvalue weighted by molar-refractivity contribution is 0.564. The number of hydrogen-bond donors (Lipinski definition) is 0. The number of pyridine rings is 1. The quantitative estimate of drug-likeness (QED) is 0.601. The van der Waals surface area contributed by atoms with Crippen molar-refractivity contribution in [3.8, 4) is 0 Å². The van der Waals surface area contributed by atoms with E-state index in [1.165, 1.54) is 0 Å². The van der Waals surface area contributed by atoms with Gasteiger partial charge in [-0.15, -0.1) is 0 Å². The molecule has 66 valence electrons. The summed E-state index contributed by atoms with van der Waals surface area (Å²) in [6.07, 6.45) is 1.70. The Kier molecular flexibility index (Phi) is 2.43. The van der Waals surface area contributed by atoms with E-state index < -0.39 is 0 Å². The normalized spacial score (nSPS) is 11.8. The van der Waals surface area contributed by atoms with Gasteiger partial charge in [0.2, 0.25) is 0 Å². The molecule has 0 spiro atoms. The van der Waals surface area contributed by atoms with Crippen LogP contribution in [0.2, 0.25) is 5.02 Å². The van der Waals surface area contributed by atoms with Crippen molar-refractivity contribution in [2.24, 2.45) is 0 Å². The van der Waals surface area contributed by atoms with Gasteiger partial charge in [-0.05, 0) is 18.6 Å². The molecule has 12 heavy (non-hydrogen) atoms. The molecule has 0 bridgehead atoms. The Hall–Kier alpha value is -0.560. The van der Waals surface area contributed by atoms with Gasteiger partial charge in [0.1, 0.15) is 0 Å². The largest absolute Gasteiger partial charge is 0.259 e. The Morgan fingerprint density at radius 2 is 1.92 bits per heavy atom. The van der Waals surface area contributed by atoms with Gasteiger partial charge in [0.15, 0.2) is 0 Å². The molecule has 0 fully saturated rings. The van der Waals surface area contributed by atoms with Crippen molar-refractivity contribution >= 4 is 11.6 Å². The molecule has 0 unspecified atom stereocenters. The third-order valence-electron chi connectivity index (χ3n) is 1.76. The summed E-state index contributed by atoms with van der Waals surface area (Å²) in [4.78, 5) is 4.32. The lowest BCUT2D eigenvalue weighted by Gasteiger charge is -2.19. The molecule has 0 saturated carbocycles. The Morgan fingerprint density at radius 1 is 1.33 bits per heavy atom. The van der Waals surface area contributed by atoms with E-state index in [0.717, 1.165) is 11.3 Å². The summed E-state index contributed by atoms with van der Waals surface area (Å²) in [6.45, 7) is 8.49. The Labute approximate surface area is 78.8 Å². The number of halogens is 1. The maximum atomic E-state index is 5.80. The Bertz CT molecular complexity index is 286. The smallest absolute Gasteiger partial charge is 0.0592 e. The van der Waals surface area contributed by atoms with E-state index in [1.807, 2.05) is 13.0 Å². The van der Waals surface area contributed by atoms with Crippen LogP contribution in [0, 0.1) is 6.92 Å². The monoisotopic (exact) mass is 183 g/mol. The fraction of sp³-hybridized carbons (Fsp3) is 0.500. The minimum atomic E-state index is 0.106. The molecule has 1 aromatic heterocycles. The molecule has 0 aliphatic carbocycles. The molecule has 0 radical (unpaired) electrons. The maximum Gasteiger partial charge on any atom is 0.0592 e. The van der Waals surface area contributed by atoms with Gasteiger partial charge in [-0.2, -0.15) is 0 Å². The van der Waals surface area contributed by atoms with Crippen molar-refractivity contribution in [3.05, 3.63) is 28.5 Å². The van der Waals surface area contributed by atoms with Crippen LogP contribution in [0.15, 0.2) is 12.3 Å². The zero-order valence-corrected chi connectivity index (χ0v) is 8.74. The van der Waals surface area contributed by atoms with E-state index in [0.29, 0.717) is 5.02 Å². The van der Waals surface area contributed by atoms with E-state index in [4.69, 9.17) is 11.6 Å². The van der Waals surface area contributed by atoms with Crippen molar-refractivity contribution in [3.63, 3.8) is 0 Å². The van der Waals surface area contributed by atoms with Crippen molar-refractivity contribution in [2.45, 2.75) is 33.1 Å². The second-order valence-electron chi connectivity index (χ2n) is 4.07. The lowest BCUT2D eigenvalue weighted by Crippen LogP contribution is -2.15. The molecule has 0 aliphatic heterocycles. The summed E-state index contributed by atoms with van der Waals surface area (Å²) in [5, 5.41) is 0.709. The molecular weight excluding hydrogens is 170 g/mol. The highest BCUT2D eigenvalue weighted by Crippen LogP contribution is 2.24. The fourth-order valence-electron chi connectivity index (χ4n) is 1.33. The minimum absolute atomic E-state index is 0.106. The molecule has 0 aliphatic rings. The van der Waals surface area contributed by atoms with Crippen LogP contribution in [0.1, 0.15) is 32.0 Å². The van der Waals surface area contributed by atoms with E-state index >= 15 is 0 Å². The number of nitrogens with zero attached hydrogens (tertiary/aromatic N) is 1. The van der Waals surface area contributed by atoms with Crippen molar-refractivity contribution in [1.82, 2.24) is 4.98 Å². The van der Waals surface area contributed by atoms with Gasteiger partial charge in [0, 0.05) is 17.3 Å². The van der Waals surface area contributed by atoms with Crippen LogP contribution < -0.4 is 0 Å². The second kappa shape index (κ2) is 3.06. The minimum Gasteiger partial charge on any atom is -0.259 e. The summed E-state index contributed by atoms with van der Waals surface area (Å²) in [6, 6.07) is 1.95. The van der Waals surface area contributed by atoms with Crippen LogP contribution in [-0.4, -0.2) is 4.98 Å². The number of aromatic nitrogens is 1. The zero-order valence-electron chi connectivity index (χ0n) is 7.98. The highest BCUT2D eigenvalue weighted by Gasteiger charge is 2.17. The van der Waals surface area contributed by atoms with Crippen LogP contribution in [0.3, 0.4) is 0 Å². The molecule has 0 aromatic carbocycles. The molecule has 1 aromatic rings. The summed E-state index contributed by atoms with van der Waals surface area (Å²) in [7, 11) is 0. The molecule has 0 amide bonds. The third kappa shape index (κ3) is 1.98. The highest BCUT2D eigenvalue weighted by molar-refractivity contribution is 6.30. The van der Waals surface area contributed by atoms with Gasteiger partial charge in [-0.3, -0.25) is 4.98 Å². The Morgan fingerprint density at radius 3 is 2.33 bits per heavy atom. The summed E-state index contributed by atoms with van der Waals surface area (Å²) in [5.74, 6) is 0. The molecule has 0 N–H and O–H groups in total. The topological polar surface area (TPSA) is 12.9 Å². The first-order valence-corrected chi connectivity index (χ1v) is 4.41. The number of rotatable bonds is 0. The van der Waals surface area contributed by atoms with Gasteiger partial charge < -0.3 is 0 Å². The highest BCUT2D eigenvalue weighted by atomic mass is 35.5. The van der Waals surface area contributed by atoms with Gasteiger partial charge in [-0.1, -0.05) is 32.4 Å². The van der Waals surface area contributed by atoms with Crippen molar-refractivity contribution < 1.29 is 0 Å². The van der Waals surface area contributed by atoms with Crippen LogP contribution in [0.5, 0.6) is 0 Å². The summed E-state index contributed by atoms with van der Waals surface area (Å²) >= 11 is 5.80. The summed E-state index contributed by atoms with van der Waals surface area (Å²) in [5.41, 5.74) is 2.39. The average Bonchev–Trinajstić information content (AvgIpc) is 1.83. The van der Waals surface area contributed by atoms with Crippen LogP contribution >= 0.6 is 11.6 Å². The molecule has 0 saturated heterocycles. The maximum absolute atomic E-state index is 5.80. The van der Waals surface area contributed by atoms with E-state index in [9.17, 15) is 0 Å². The standard InChI is InChI=1S/C10H14ClN/c1-7-5-8(11)6-12-9(7)10(2,3)4/h5-6H,1-4H3. The SMILES string of the molecule is Cc1cc(Cl)cnc1C(C)(C)C. The van der Waals surface area contributed by atoms with Gasteiger partial charge >= 0.3 is 0 Å². The van der Waals surface area contributed by atoms with Gasteiger partial charge in [0.05, 0.1) is 5.02 Å². The average molecular weight is 184 g/mol. The fourth-order valence-corrected chi connectivity index (χ4v) is 1.54. The lowest BCUT2D eigenvalue weighted by atomic mass is 9.89. The predicted octanol–water partition coefficient (Wildman–Crippen LogP) is 3.34. The molecular formula is C10H14ClN. The van der Waals surface area contributed by atoms with E-state index in [-0.39, 0.29) is 5.41 Å². The molecule has 2 heteroatoms. The summed E-state index contributed by atoms with van der Waals surface area (Å²) < 4.78 is 0. The molecule has 1 heterocycles. The third-order valence-corrected chi connectivity index (χ3v) is 1.96. The van der Waals surface area contributed by atoms with Gasteiger partial charge in [-0.25, -0.2) is 0 Å². The number of aryl methyl sites for hydroxylation is 1. The van der Waals surface area contributed by atoms with Crippen LogP contribution in [0.25, 0.3) is 0 Å². The van der Waals surface area contributed by atoms with Crippen LogP contribution in [-0.2, 0) is 5.41 Å². The first kappa shape index (κ1) is 9.53. The Balaban J connectivity index is 3.19. The van der Waals surface area contributed by atoms with E-state index in [1.54, 1.807) is 6.20 Å². The van der Waals surface area contributed by atoms with Crippen LogP contribution in [0.4, 0.5) is 0 Å². The first-order valence-electron chi connectivity index (χ1n) is 4.04. The second-order valence-corrected chi connectivity index (χ2v) is 4.51. The number of hydrogen-bond acceptors (Lipinski definition) is 1. The molecule has 1 nitrogen and oxygen atoms in total.